The third-order valence-corrected chi connectivity index (χ3v) is 16.7. The van der Waals surface area contributed by atoms with Gasteiger partial charge in [-0.2, -0.15) is 0 Å². The van der Waals surface area contributed by atoms with E-state index in [4.69, 9.17) is 25.7 Å². The summed E-state index contributed by atoms with van der Waals surface area (Å²) in [6, 6.07) is 13.3. The lowest BCUT2D eigenvalue weighted by molar-refractivity contribution is -0.145. The molecule has 0 radical (unpaired) electrons. The number of carbonyl (C=O) groups is 8. The summed E-state index contributed by atoms with van der Waals surface area (Å²) in [6.45, 7) is 21.4. The molecule has 10 unspecified atom stereocenters. The molecule has 13 atom stereocenters. The predicted molar refractivity (Wildman–Crippen MR) is 310 cm³/mol. The number of primary amides is 1. The van der Waals surface area contributed by atoms with Crippen LogP contribution in [0.3, 0.4) is 0 Å². The van der Waals surface area contributed by atoms with Crippen LogP contribution in [0.25, 0.3) is 0 Å². The number of nitrogens with one attached hydrogen (secondary N) is 2. The highest BCUT2D eigenvalue weighted by atomic mass is 16.6. The highest BCUT2D eigenvalue weighted by molar-refractivity contribution is 5.96. The summed E-state index contributed by atoms with van der Waals surface area (Å²) in [5.41, 5.74) is 13.1. The van der Waals surface area contributed by atoms with E-state index in [1.54, 1.807) is 43.4 Å². The van der Waals surface area contributed by atoms with Crippen LogP contribution in [0, 0.1) is 59.2 Å². The van der Waals surface area contributed by atoms with E-state index in [2.05, 4.69) is 17.6 Å². The second kappa shape index (κ2) is 33.4. The topological polar surface area (TPSA) is 267 Å². The van der Waals surface area contributed by atoms with E-state index in [1.807, 2.05) is 99.6 Å². The quantitative estimate of drug-likeness (QED) is 0.0405. The molecule has 0 saturated carbocycles. The van der Waals surface area contributed by atoms with Gasteiger partial charge in [-0.1, -0.05) is 125 Å². The van der Waals surface area contributed by atoms with Crippen LogP contribution in [0.2, 0.25) is 0 Å². The maximum Gasteiger partial charge on any atom is 0.410 e. The molecule has 18 heteroatoms. The Kier molecular flexibility index (Phi) is 28.7. The number of aliphatic hydroxyl groups is 1. The molecule has 18 nitrogen and oxygen atoms in total. The van der Waals surface area contributed by atoms with Gasteiger partial charge in [0.15, 0.2) is 11.6 Å². The number of nitrogens with zero attached hydrogens (tertiary/aromatic N) is 2. The third kappa shape index (κ3) is 19.9. The van der Waals surface area contributed by atoms with Gasteiger partial charge in [-0.05, 0) is 84.5 Å². The SMILES string of the molecule is CCC(C)C(C(CC(=O)N1CCC[C@H]1C(OC)[C@@H](C)C(=O)C[C@H](C)C(O)c1ccccc1)OC)C(C)C(=O)C(CC(=O)C(C(C)C)N(C)C(=O)OCc1ccc(NC(=O)C(CCCNC(N)=O)CC(=O)C(N)C(C)C)cc1)C(C)C. The summed E-state index contributed by atoms with van der Waals surface area (Å²) in [5.74, 6) is -5.21. The van der Waals surface area contributed by atoms with Crippen LogP contribution >= 0.6 is 0 Å². The molecule has 448 valence electrons. The summed E-state index contributed by atoms with van der Waals surface area (Å²) >= 11 is 0. The Morgan fingerprint density at radius 1 is 0.762 bits per heavy atom. The number of methoxy groups -OCH3 is 2. The molecule has 0 spiro atoms. The van der Waals surface area contributed by atoms with E-state index >= 15 is 0 Å². The van der Waals surface area contributed by atoms with Crippen molar-refractivity contribution < 1.29 is 57.7 Å². The van der Waals surface area contributed by atoms with E-state index in [0.717, 1.165) is 12.0 Å². The van der Waals surface area contributed by atoms with Crippen molar-refractivity contribution in [2.75, 3.05) is 39.7 Å². The molecule has 1 aliphatic rings. The van der Waals surface area contributed by atoms with Crippen molar-refractivity contribution in [1.82, 2.24) is 15.1 Å². The first-order chi connectivity index (χ1) is 37.7. The first-order valence-electron chi connectivity index (χ1n) is 29.0. The molecule has 1 aliphatic heterocycles. The van der Waals surface area contributed by atoms with Gasteiger partial charge in [0.2, 0.25) is 11.8 Å². The van der Waals surface area contributed by atoms with Crippen LogP contribution in [-0.2, 0) is 49.6 Å². The average Bonchev–Trinajstić information content (AvgIpc) is 3.91. The van der Waals surface area contributed by atoms with Crippen molar-refractivity contribution in [2.24, 2.45) is 70.6 Å². The lowest BCUT2D eigenvalue weighted by Gasteiger charge is -2.38. The number of aliphatic hydroxyl groups excluding tert-OH is 1. The Labute approximate surface area is 476 Å². The Morgan fingerprint density at radius 2 is 1.40 bits per heavy atom. The summed E-state index contributed by atoms with van der Waals surface area (Å²) in [4.78, 5) is 112. The van der Waals surface area contributed by atoms with E-state index in [-0.39, 0.29) is 115 Å². The average molecular weight is 1120 g/mol. The molecule has 1 saturated heterocycles. The van der Waals surface area contributed by atoms with Gasteiger partial charge in [-0.3, -0.25) is 28.8 Å². The Balaban J connectivity index is 1.70. The number of likely N-dealkylation sites (N-methyl/N-ethyl adjacent to an activating group) is 1. The minimum atomic E-state index is -0.910. The molecule has 2 aromatic carbocycles. The van der Waals surface area contributed by atoms with Gasteiger partial charge in [0, 0.05) is 83.0 Å². The number of anilines is 1. The molecule has 0 aliphatic carbocycles. The minimum absolute atomic E-state index is 0.00523. The number of hydrogen-bond donors (Lipinski definition) is 5. The molecule has 1 fully saturated rings. The number of urea groups is 1. The molecule has 5 amide bonds. The number of likely N-dealkylation sites (tertiary alicyclic amines) is 1. The zero-order chi connectivity index (χ0) is 60.1. The largest absolute Gasteiger partial charge is 0.445 e. The molecular weight excluding hydrogens is 1020 g/mol. The molecule has 0 bridgehead atoms. The first kappa shape index (κ1) is 68.7. The molecule has 80 heavy (non-hydrogen) atoms. The van der Waals surface area contributed by atoms with E-state index in [1.165, 1.54) is 11.9 Å². The summed E-state index contributed by atoms with van der Waals surface area (Å²) in [5, 5.41) is 16.4. The number of ketones is 4. The van der Waals surface area contributed by atoms with Crippen molar-refractivity contribution in [3.63, 3.8) is 0 Å². The molecule has 7 N–H and O–H groups in total. The maximum atomic E-state index is 14.9. The van der Waals surface area contributed by atoms with E-state index in [0.29, 0.717) is 43.5 Å². The highest BCUT2D eigenvalue weighted by Gasteiger charge is 2.44. The minimum Gasteiger partial charge on any atom is -0.445 e. The van der Waals surface area contributed by atoms with Gasteiger partial charge < -0.3 is 51.2 Å². The maximum absolute atomic E-state index is 14.9. The standard InChI is InChI=1S/C62H98N6O12/c1-15-39(8)54(52(78-13)34-53(72)68-30-20-24-48(68)59(79-14)41(10)49(69)31-40(9)57(73)44-21-17-16-18-22-44)42(11)58(74)47(36(2)3)33-51(71)56(38(6)7)67(12)62(77)80-35-43-25-27-46(28-26-43)66-60(75)45(23-19-29-65-61(64)76)32-50(70)55(63)37(4)5/h16-18,21-22,25-28,36-42,45,47-48,52,54-57,59,73H,15,19-20,23-24,29-35,63H2,1-14H3,(H,66,75)(H3,64,65,76)/t39?,40-,41-,42?,45?,47?,48-,52?,54?,55?,56?,57?,59?/m0/s1. The Morgan fingerprint density at radius 3 is 1.95 bits per heavy atom. The van der Waals surface area contributed by atoms with Crippen LogP contribution in [0.4, 0.5) is 15.3 Å². The fourth-order valence-electron chi connectivity index (χ4n) is 11.5. The summed E-state index contributed by atoms with van der Waals surface area (Å²) < 4.78 is 17.9. The van der Waals surface area contributed by atoms with Crippen LogP contribution in [0.15, 0.2) is 54.6 Å². The number of rotatable bonds is 35. The second-order valence-corrected chi connectivity index (χ2v) is 23.6. The number of nitrogens with two attached hydrogens (primary N) is 2. The number of carbonyl (C=O) groups excluding carboxylic acids is 8. The van der Waals surface area contributed by atoms with Gasteiger partial charge in [-0.15, -0.1) is 0 Å². The van der Waals surface area contributed by atoms with Crippen LogP contribution in [-0.4, -0.2) is 127 Å². The van der Waals surface area contributed by atoms with E-state index in [9.17, 15) is 43.5 Å². The summed E-state index contributed by atoms with van der Waals surface area (Å²) in [6.07, 6.45) is 0.0377. The normalized spacial score (nSPS) is 18.2. The van der Waals surface area contributed by atoms with Gasteiger partial charge >= 0.3 is 12.1 Å². The number of amides is 5. The summed E-state index contributed by atoms with van der Waals surface area (Å²) in [7, 11) is 4.63. The zero-order valence-corrected chi connectivity index (χ0v) is 50.4. The van der Waals surface area contributed by atoms with Gasteiger partial charge in [0.25, 0.3) is 0 Å². The van der Waals surface area contributed by atoms with Crippen LogP contribution < -0.4 is 22.1 Å². The number of hydrogen-bond acceptors (Lipinski definition) is 13. The van der Waals surface area contributed by atoms with E-state index < -0.39 is 66.2 Å². The molecule has 0 aromatic heterocycles. The molecule has 2 aromatic rings. The number of ether oxygens (including phenoxy) is 3. The molecular formula is C62H98N6O12. The van der Waals surface area contributed by atoms with Gasteiger partial charge in [-0.25, -0.2) is 9.59 Å². The Bertz CT molecular complexity index is 2310. The van der Waals surface area contributed by atoms with Gasteiger partial charge in [0.05, 0.1) is 42.9 Å². The van der Waals surface area contributed by atoms with Crippen molar-refractivity contribution in [3.8, 4) is 0 Å². The van der Waals surface area contributed by atoms with Crippen molar-refractivity contribution >= 4 is 52.8 Å². The Hall–Kier alpha value is -5.56. The lowest BCUT2D eigenvalue weighted by Crippen LogP contribution is -2.50. The van der Waals surface area contributed by atoms with Crippen molar-refractivity contribution in [1.29, 1.82) is 0 Å². The van der Waals surface area contributed by atoms with Crippen molar-refractivity contribution in [3.05, 3.63) is 65.7 Å². The fraction of sp³-hybridized carbons (Fsp3) is 0.677. The van der Waals surface area contributed by atoms with Crippen molar-refractivity contribution in [2.45, 2.75) is 177 Å². The number of benzene rings is 2. The van der Waals surface area contributed by atoms with Crippen LogP contribution in [0.1, 0.15) is 151 Å². The monoisotopic (exact) mass is 1120 g/mol. The smallest absolute Gasteiger partial charge is 0.410 e. The third-order valence-electron chi connectivity index (χ3n) is 16.7. The lowest BCUT2D eigenvalue weighted by atomic mass is 9.70. The predicted octanol–water partition coefficient (Wildman–Crippen LogP) is 8.70. The molecule has 1 heterocycles. The molecule has 3 rings (SSSR count). The first-order valence-corrected chi connectivity index (χ1v) is 29.0. The zero-order valence-electron chi connectivity index (χ0n) is 50.4. The van der Waals surface area contributed by atoms with Gasteiger partial charge in [0.1, 0.15) is 18.2 Å². The van der Waals surface area contributed by atoms with Crippen LogP contribution in [0.5, 0.6) is 0 Å². The number of Topliss-reactive ketones (excluding diaryl/α,β-unsaturated/α-hetero) is 4. The highest BCUT2D eigenvalue weighted by Crippen LogP contribution is 2.37. The fourth-order valence-corrected chi connectivity index (χ4v) is 11.5. The second-order valence-electron chi connectivity index (χ2n) is 23.6.